The van der Waals surface area contributed by atoms with Crippen molar-refractivity contribution in [3.8, 4) is 5.75 Å². The number of furan rings is 1. The van der Waals surface area contributed by atoms with Gasteiger partial charge in [-0.2, -0.15) is 5.10 Å². The molecule has 0 aliphatic rings. The predicted molar refractivity (Wildman–Crippen MR) is 95.5 cm³/mol. The lowest BCUT2D eigenvalue weighted by Gasteiger charge is -2.03. The standard InChI is InChI=1S/C20H16F2N2O3/c1-13(14-7-9-17(21)18(22)11-14)23-24-20(25)19-10-8-16(27-19)12-26-15-5-3-2-4-6-15/h2-11H,12H2,1H3,(H,24,25)/b23-13-. The number of nitrogens with zero attached hydrogens (tertiary/aromatic N) is 1. The first kappa shape index (κ1) is 18.3. The van der Waals surface area contributed by atoms with E-state index >= 15 is 0 Å². The highest BCUT2D eigenvalue weighted by molar-refractivity contribution is 6.00. The van der Waals surface area contributed by atoms with Gasteiger partial charge in [-0.1, -0.05) is 18.2 Å². The number of hydrogen-bond acceptors (Lipinski definition) is 4. The van der Waals surface area contributed by atoms with Crippen LogP contribution in [-0.4, -0.2) is 11.6 Å². The Morgan fingerprint density at radius 3 is 2.59 bits per heavy atom. The van der Waals surface area contributed by atoms with Crippen LogP contribution in [0.5, 0.6) is 5.75 Å². The molecule has 0 saturated carbocycles. The highest BCUT2D eigenvalue weighted by atomic mass is 19.2. The van der Waals surface area contributed by atoms with E-state index in [0.717, 1.165) is 12.1 Å². The lowest BCUT2D eigenvalue weighted by Crippen LogP contribution is -2.18. The van der Waals surface area contributed by atoms with Crippen LogP contribution in [0.25, 0.3) is 0 Å². The Bertz CT molecular complexity index is 968. The van der Waals surface area contributed by atoms with Crippen LogP contribution in [0.15, 0.2) is 70.2 Å². The Morgan fingerprint density at radius 2 is 1.85 bits per heavy atom. The zero-order chi connectivity index (χ0) is 19.2. The van der Waals surface area contributed by atoms with E-state index in [1.807, 2.05) is 30.3 Å². The molecule has 1 amide bonds. The third-order valence-corrected chi connectivity index (χ3v) is 3.67. The molecule has 1 N–H and O–H groups in total. The van der Waals surface area contributed by atoms with Crippen LogP contribution < -0.4 is 10.2 Å². The van der Waals surface area contributed by atoms with Gasteiger partial charge in [0, 0.05) is 5.56 Å². The second kappa shape index (κ2) is 8.27. The average Bonchev–Trinajstić information content (AvgIpc) is 3.16. The number of carbonyl (C=O) groups is 1. The number of hydrogen-bond donors (Lipinski definition) is 1. The Kier molecular flexibility index (Phi) is 5.61. The van der Waals surface area contributed by atoms with E-state index in [9.17, 15) is 13.6 Å². The number of amides is 1. The van der Waals surface area contributed by atoms with Gasteiger partial charge in [-0.05, 0) is 49.4 Å². The van der Waals surface area contributed by atoms with Crippen molar-refractivity contribution in [2.24, 2.45) is 5.10 Å². The molecule has 5 nitrogen and oxygen atoms in total. The van der Waals surface area contributed by atoms with Gasteiger partial charge < -0.3 is 9.15 Å². The highest BCUT2D eigenvalue weighted by Crippen LogP contribution is 2.14. The average molecular weight is 370 g/mol. The zero-order valence-corrected chi connectivity index (χ0v) is 14.4. The maximum atomic E-state index is 13.3. The normalized spacial score (nSPS) is 11.3. The fourth-order valence-electron chi connectivity index (χ4n) is 2.22. The van der Waals surface area contributed by atoms with Gasteiger partial charge in [-0.25, -0.2) is 14.2 Å². The minimum absolute atomic E-state index is 0.0588. The van der Waals surface area contributed by atoms with Crippen LogP contribution in [0.4, 0.5) is 8.78 Å². The Labute approximate surface area is 154 Å². The van der Waals surface area contributed by atoms with Gasteiger partial charge in [0.25, 0.3) is 0 Å². The third kappa shape index (κ3) is 4.78. The smallest absolute Gasteiger partial charge is 0.307 e. The highest BCUT2D eigenvalue weighted by Gasteiger charge is 2.12. The zero-order valence-electron chi connectivity index (χ0n) is 14.4. The fourth-order valence-corrected chi connectivity index (χ4v) is 2.22. The van der Waals surface area contributed by atoms with Crippen LogP contribution >= 0.6 is 0 Å². The number of para-hydroxylation sites is 1. The molecule has 27 heavy (non-hydrogen) atoms. The Morgan fingerprint density at radius 1 is 1.07 bits per heavy atom. The second-order valence-electron chi connectivity index (χ2n) is 5.63. The van der Waals surface area contributed by atoms with E-state index in [1.165, 1.54) is 12.1 Å². The summed E-state index contributed by atoms with van der Waals surface area (Å²) in [5, 5.41) is 3.88. The van der Waals surface area contributed by atoms with E-state index in [-0.39, 0.29) is 12.4 Å². The van der Waals surface area contributed by atoms with E-state index in [4.69, 9.17) is 9.15 Å². The number of carbonyl (C=O) groups excluding carboxylic acids is 1. The molecular weight excluding hydrogens is 354 g/mol. The molecule has 0 fully saturated rings. The summed E-state index contributed by atoms with van der Waals surface area (Å²) in [6.07, 6.45) is 0. The van der Waals surface area contributed by atoms with Gasteiger partial charge in [0.05, 0.1) is 5.71 Å². The van der Waals surface area contributed by atoms with Gasteiger partial charge in [-0.15, -0.1) is 0 Å². The number of rotatable bonds is 6. The van der Waals surface area contributed by atoms with Gasteiger partial charge in [0.1, 0.15) is 18.1 Å². The monoisotopic (exact) mass is 370 g/mol. The lowest BCUT2D eigenvalue weighted by atomic mass is 10.1. The first-order valence-corrected chi connectivity index (χ1v) is 8.09. The van der Waals surface area contributed by atoms with Crippen molar-refractivity contribution in [2.75, 3.05) is 0 Å². The number of hydrazone groups is 1. The summed E-state index contributed by atoms with van der Waals surface area (Å²) in [6, 6.07) is 15.7. The minimum Gasteiger partial charge on any atom is -0.486 e. The van der Waals surface area contributed by atoms with Gasteiger partial charge >= 0.3 is 5.91 Å². The largest absolute Gasteiger partial charge is 0.486 e. The lowest BCUT2D eigenvalue weighted by molar-refractivity contribution is 0.0923. The number of halogens is 2. The van der Waals surface area contributed by atoms with Crippen molar-refractivity contribution in [3.63, 3.8) is 0 Å². The summed E-state index contributed by atoms with van der Waals surface area (Å²) in [5.74, 6) is -1.28. The number of ether oxygens (including phenoxy) is 1. The molecule has 1 aromatic heterocycles. The summed E-state index contributed by atoms with van der Waals surface area (Å²) < 4.78 is 37.2. The molecule has 0 spiro atoms. The topological polar surface area (TPSA) is 63.8 Å². The molecule has 1 heterocycles. The van der Waals surface area contributed by atoms with E-state index in [1.54, 1.807) is 13.0 Å². The maximum Gasteiger partial charge on any atom is 0.307 e. The molecule has 2 aromatic carbocycles. The molecule has 0 unspecified atom stereocenters. The summed E-state index contributed by atoms with van der Waals surface area (Å²) in [4.78, 5) is 12.1. The van der Waals surface area contributed by atoms with Crippen LogP contribution in [0.1, 0.15) is 28.8 Å². The van der Waals surface area contributed by atoms with Crippen LogP contribution in [0.2, 0.25) is 0 Å². The molecule has 0 radical (unpaired) electrons. The molecule has 7 heteroatoms. The summed E-state index contributed by atoms with van der Waals surface area (Å²) in [5.41, 5.74) is 2.99. The van der Waals surface area contributed by atoms with Crippen molar-refractivity contribution in [2.45, 2.75) is 13.5 Å². The summed E-state index contributed by atoms with van der Waals surface area (Å²) >= 11 is 0. The van der Waals surface area contributed by atoms with Crippen LogP contribution in [0, 0.1) is 11.6 Å². The van der Waals surface area contributed by atoms with E-state index in [0.29, 0.717) is 22.8 Å². The van der Waals surface area contributed by atoms with Crippen LogP contribution in [0.3, 0.4) is 0 Å². The molecule has 3 aromatic rings. The maximum absolute atomic E-state index is 13.3. The second-order valence-corrected chi connectivity index (χ2v) is 5.63. The SMILES string of the molecule is C/C(=N/NC(=O)c1ccc(COc2ccccc2)o1)c1ccc(F)c(F)c1. The van der Waals surface area contributed by atoms with Crippen molar-refractivity contribution in [1.82, 2.24) is 5.43 Å². The molecule has 0 bridgehead atoms. The Hall–Kier alpha value is -3.48. The van der Waals surface area contributed by atoms with Crippen LogP contribution in [-0.2, 0) is 6.61 Å². The van der Waals surface area contributed by atoms with E-state index < -0.39 is 17.5 Å². The third-order valence-electron chi connectivity index (χ3n) is 3.67. The molecule has 0 aliphatic carbocycles. The van der Waals surface area contributed by atoms with Gasteiger partial charge in [-0.3, -0.25) is 4.79 Å². The molecule has 0 saturated heterocycles. The molecule has 0 aliphatic heterocycles. The van der Waals surface area contributed by atoms with E-state index in [2.05, 4.69) is 10.5 Å². The molecule has 3 rings (SSSR count). The van der Waals surface area contributed by atoms with Gasteiger partial charge in [0.15, 0.2) is 17.4 Å². The first-order chi connectivity index (χ1) is 13.0. The van der Waals surface area contributed by atoms with Crippen molar-refractivity contribution in [1.29, 1.82) is 0 Å². The Balaban J connectivity index is 1.59. The summed E-state index contributed by atoms with van der Waals surface area (Å²) in [6.45, 7) is 1.74. The van der Waals surface area contributed by atoms with Gasteiger partial charge in [0.2, 0.25) is 0 Å². The summed E-state index contributed by atoms with van der Waals surface area (Å²) in [7, 11) is 0. The quantitative estimate of drug-likeness (QED) is 0.520. The molecule has 0 atom stereocenters. The predicted octanol–water partition coefficient (Wildman–Crippen LogP) is 4.29. The first-order valence-electron chi connectivity index (χ1n) is 8.09. The number of nitrogens with one attached hydrogen (secondary N) is 1. The van der Waals surface area contributed by atoms with Crippen molar-refractivity contribution >= 4 is 11.6 Å². The fraction of sp³-hybridized carbons (Fsp3) is 0.100. The molecule has 138 valence electrons. The molecular formula is C20H16F2N2O3. The van der Waals surface area contributed by atoms with Crippen molar-refractivity contribution < 1.29 is 22.7 Å². The number of benzene rings is 2. The van der Waals surface area contributed by atoms with Crippen molar-refractivity contribution in [3.05, 3.63) is 89.4 Å². The minimum atomic E-state index is -0.984.